The van der Waals surface area contributed by atoms with Gasteiger partial charge in [0.05, 0.1) is 0 Å². The molecular weight excluding hydrogens is 262 g/mol. The number of halogens is 1. The summed E-state index contributed by atoms with van der Waals surface area (Å²) in [6.07, 6.45) is 0. The third-order valence-corrected chi connectivity index (χ3v) is 3.31. The monoisotopic (exact) mass is 283 g/mol. The van der Waals surface area contributed by atoms with Gasteiger partial charge in [-0.05, 0) is 18.6 Å². The second kappa shape index (κ2) is 8.15. The summed E-state index contributed by atoms with van der Waals surface area (Å²) in [6.45, 7) is 7.84. The molecule has 1 heterocycles. The molecule has 1 saturated heterocycles. The normalized spacial score (nSPS) is 15.6. The van der Waals surface area contributed by atoms with Gasteiger partial charge in [0.1, 0.15) is 0 Å². The standard InChI is InChI=1S/C14H21N3O.ClH/c1-12-4-2-3-5-13(12)14(18)16-8-11-17-9-6-15-7-10-17;/h2-5,15H,6-11H2,1H3,(H,16,18);1H. The van der Waals surface area contributed by atoms with Gasteiger partial charge in [-0.3, -0.25) is 9.69 Å². The van der Waals surface area contributed by atoms with Gasteiger partial charge in [0.25, 0.3) is 5.91 Å². The Kier molecular flexibility index (Phi) is 6.84. The summed E-state index contributed by atoms with van der Waals surface area (Å²) in [6, 6.07) is 7.69. The van der Waals surface area contributed by atoms with Crippen LogP contribution in [0.25, 0.3) is 0 Å². The fraction of sp³-hybridized carbons (Fsp3) is 0.500. The molecule has 19 heavy (non-hydrogen) atoms. The van der Waals surface area contributed by atoms with Crippen molar-refractivity contribution in [2.45, 2.75) is 6.92 Å². The van der Waals surface area contributed by atoms with Crippen molar-refractivity contribution >= 4 is 18.3 Å². The number of nitrogens with one attached hydrogen (secondary N) is 2. The highest BCUT2D eigenvalue weighted by Gasteiger charge is 2.10. The summed E-state index contributed by atoms with van der Waals surface area (Å²) in [5, 5.41) is 6.30. The number of carbonyl (C=O) groups excluding carboxylic acids is 1. The summed E-state index contributed by atoms with van der Waals surface area (Å²) in [4.78, 5) is 14.3. The second-order valence-electron chi connectivity index (χ2n) is 4.66. The summed E-state index contributed by atoms with van der Waals surface area (Å²) in [5.74, 6) is 0.0308. The van der Waals surface area contributed by atoms with E-state index >= 15 is 0 Å². The number of hydrogen-bond acceptors (Lipinski definition) is 3. The zero-order chi connectivity index (χ0) is 12.8. The van der Waals surface area contributed by atoms with E-state index in [1.54, 1.807) is 0 Å². The van der Waals surface area contributed by atoms with E-state index in [0.29, 0.717) is 6.54 Å². The molecule has 0 unspecified atom stereocenters. The molecule has 1 fully saturated rings. The van der Waals surface area contributed by atoms with Crippen LogP contribution in [0.5, 0.6) is 0 Å². The zero-order valence-corrected chi connectivity index (χ0v) is 12.1. The second-order valence-corrected chi connectivity index (χ2v) is 4.66. The first-order chi connectivity index (χ1) is 8.77. The number of nitrogens with zero attached hydrogens (tertiary/aromatic N) is 1. The van der Waals surface area contributed by atoms with Crippen molar-refractivity contribution < 1.29 is 4.79 Å². The molecule has 0 spiro atoms. The Morgan fingerprint density at radius 1 is 1.32 bits per heavy atom. The number of benzene rings is 1. The lowest BCUT2D eigenvalue weighted by molar-refractivity contribution is 0.0946. The van der Waals surface area contributed by atoms with Gasteiger partial charge in [-0.1, -0.05) is 18.2 Å². The van der Waals surface area contributed by atoms with Crippen LogP contribution >= 0.6 is 12.4 Å². The molecule has 0 atom stereocenters. The Hall–Kier alpha value is -1.10. The zero-order valence-electron chi connectivity index (χ0n) is 11.3. The molecule has 106 valence electrons. The van der Waals surface area contributed by atoms with E-state index in [2.05, 4.69) is 15.5 Å². The van der Waals surface area contributed by atoms with E-state index < -0.39 is 0 Å². The first-order valence-electron chi connectivity index (χ1n) is 6.54. The number of carbonyl (C=O) groups is 1. The lowest BCUT2D eigenvalue weighted by Gasteiger charge is -2.27. The van der Waals surface area contributed by atoms with Gasteiger partial charge in [-0.15, -0.1) is 12.4 Å². The quantitative estimate of drug-likeness (QED) is 0.868. The molecule has 1 aliphatic rings. The molecule has 0 saturated carbocycles. The topological polar surface area (TPSA) is 44.4 Å². The van der Waals surface area contributed by atoms with Gasteiger partial charge < -0.3 is 10.6 Å². The highest BCUT2D eigenvalue weighted by molar-refractivity contribution is 5.95. The SMILES string of the molecule is Cc1ccccc1C(=O)NCCN1CCNCC1.Cl. The first kappa shape index (κ1) is 16.0. The van der Waals surface area contributed by atoms with Crippen LogP contribution in [0.3, 0.4) is 0 Å². The fourth-order valence-electron chi connectivity index (χ4n) is 2.19. The smallest absolute Gasteiger partial charge is 0.251 e. The van der Waals surface area contributed by atoms with Crippen LogP contribution in [0.2, 0.25) is 0 Å². The van der Waals surface area contributed by atoms with Crippen LogP contribution in [-0.4, -0.2) is 50.1 Å². The van der Waals surface area contributed by atoms with Gasteiger partial charge in [0.2, 0.25) is 0 Å². The third kappa shape index (κ3) is 4.82. The van der Waals surface area contributed by atoms with Crippen LogP contribution in [0.15, 0.2) is 24.3 Å². The van der Waals surface area contributed by atoms with Crippen molar-refractivity contribution in [1.29, 1.82) is 0 Å². The van der Waals surface area contributed by atoms with Crippen molar-refractivity contribution in [2.24, 2.45) is 0 Å². The average molecular weight is 284 g/mol. The van der Waals surface area contributed by atoms with Gasteiger partial charge >= 0.3 is 0 Å². The molecule has 1 aromatic carbocycles. The molecule has 2 N–H and O–H groups in total. The largest absolute Gasteiger partial charge is 0.351 e. The van der Waals surface area contributed by atoms with Crippen LogP contribution in [0.4, 0.5) is 0 Å². The number of amides is 1. The summed E-state index contributed by atoms with van der Waals surface area (Å²) in [7, 11) is 0. The van der Waals surface area contributed by atoms with Crippen molar-refractivity contribution in [3.8, 4) is 0 Å². The summed E-state index contributed by atoms with van der Waals surface area (Å²) < 4.78 is 0. The molecule has 0 aromatic heterocycles. The minimum atomic E-state index is 0. The van der Waals surface area contributed by atoms with E-state index in [-0.39, 0.29) is 18.3 Å². The minimum Gasteiger partial charge on any atom is -0.351 e. The van der Waals surface area contributed by atoms with Gasteiger partial charge in [0, 0.05) is 44.8 Å². The average Bonchev–Trinajstić information content (AvgIpc) is 2.40. The number of aryl methyl sites for hydroxylation is 1. The maximum atomic E-state index is 12.0. The van der Waals surface area contributed by atoms with Crippen LogP contribution in [-0.2, 0) is 0 Å². The molecule has 2 rings (SSSR count). The van der Waals surface area contributed by atoms with Gasteiger partial charge in [-0.25, -0.2) is 0 Å². The molecule has 1 aromatic rings. The van der Waals surface area contributed by atoms with Gasteiger partial charge in [0.15, 0.2) is 0 Å². The molecule has 5 heteroatoms. The van der Waals surface area contributed by atoms with Crippen molar-refractivity contribution in [3.05, 3.63) is 35.4 Å². The molecule has 0 aliphatic carbocycles. The maximum absolute atomic E-state index is 12.0. The van der Waals surface area contributed by atoms with Crippen LogP contribution in [0.1, 0.15) is 15.9 Å². The Morgan fingerprint density at radius 3 is 2.68 bits per heavy atom. The number of piperazine rings is 1. The van der Waals surface area contributed by atoms with E-state index in [9.17, 15) is 4.79 Å². The minimum absolute atomic E-state index is 0. The van der Waals surface area contributed by atoms with E-state index in [1.165, 1.54) is 0 Å². The fourth-order valence-corrected chi connectivity index (χ4v) is 2.19. The Morgan fingerprint density at radius 2 is 2.00 bits per heavy atom. The van der Waals surface area contributed by atoms with E-state index in [1.807, 2.05) is 31.2 Å². The van der Waals surface area contributed by atoms with Gasteiger partial charge in [-0.2, -0.15) is 0 Å². The lowest BCUT2D eigenvalue weighted by atomic mass is 10.1. The van der Waals surface area contributed by atoms with Crippen molar-refractivity contribution in [2.75, 3.05) is 39.3 Å². The highest BCUT2D eigenvalue weighted by Crippen LogP contribution is 2.06. The van der Waals surface area contributed by atoms with Crippen LogP contribution in [0, 0.1) is 6.92 Å². The summed E-state index contributed by atoms with van der Waals surface area (Å²) >= 11 is 0. The maximum Gasteiger partial charge on any atom is 0.251 e. The Bertz CT molecular complexity index is 405. The summed E-state index contributed by atoms with van der Waals surface area (Å²) in [5.41, 5.74) is 1.80. The molecule has 1 amide bonds. The molecule has 0 bridgehead atoms. The lowest BCUT2D eigenvalue weighted by Crippen LogP contribution is -2.46. The first-order valence-corrected chi connectivity index (χ1v) is 6.54. The molecule has 0 radical (unpaired) electrons. The number of hydrogen-bond donors (Lipinski definition) is 2. The van der Waals surface area contributed by atoms with E-state index in [4.69, 9.17) is 0 Å². The predicted octanol–water partition coefficient (Wildman–Crippen LogP) is 1.05. The van der Waals surface area contributed by atoms with Crippen molar-refractivity contribution in [1.82, 2.24) is 15.5 Å². The Labute approximate surface area is 121 Å². The third-order valence-electron chi connectivity index (χ3n) is 3.31. The highest BCUT2D eigenvalue weighted by atomic mass is 35.5. The number of rotatable bonds is 4. The predicted molar refractivity (Wildman–Crippen MR) is 80.1 cm³/mol. The van der Waals surface area contributed by atoms with Crippen LogP contribution < -0.4 is 10.6 Å². The molecule has 4 nitrogen and oxygen atoms in total. The Balaban J connectivity index is 0.00000180. The molecular formula is C14H22ClN3O. The van der Waals surface area contributed by atoms with E-state index in [0.717, 1.165) is 43.9 Å². The molecule has 1 aliphatic heterocycles. The van der Waals surface area contributed by atoms with Crippen molar-refractivity contribution in [3.63, 3.8) is 0 Å².